The van der Waals surface area contributed by atoms with E-state index >= 15 is 0 Å². The molecule has 3 atom stereocenters. The topological polar surface area (TPSA) is 183 Å². The number of benzene rings is 2. The summed E-state index contributed by atoms with van der Waals surface area (Å²) in [5, 5.41) is 11.1. The van der Waals surface area contributed by atoms with Crippen molar-refractivity contribution in [2.45, 2.75) is 71.1 Å². The molecule has 2 aliphatic rings. The molecule has 2 aliphatic heterocycles. The highest BCUT2D eigenvalue weighted by molar-refractivity contribution is 7.88. The molecule has 2 aromatic rings. The monoisotopic (exact) mass is 670 g/mol. The molecule has 5 N–H and O–H groups in total. The lowest BCUT2D eigenvalue weighted by molar-refractivity contribution is -0.132. The summed E-state index contributed by atoms with van der Waals surface area (Å²) in [5.74, 6) is -2.35. The molecule has 0 fully saturated rings. The number of hydrogen-bond donors (Lipinski definition) is 5. The van der Waals surface area contributed by atoms with Gasteiger partial charge in [0.25, 0.3) is 5.91 Å². The molecule has 0 saturated heterocycles. The fraction of sp³-hybridized carbons (Fsp3) is 0.485. The summed E-state index contributed by atoms with van der Waals surface area (Å²) in [4.78, 5) is 67.6. The van der Waals surface area contributed by atoms with Gasteiger partial charge in [-0.2, -0.15) is 0 Å². The van der Waals surface area contributed by atoms with Gasteiger partial charge in [0.15, 0.2) is 0 Å². The number of fused-ring (bicyclic) bond motifs is 18. The van der Waals surface area contributed by atoms with Crippen LogP contribution in [-0.2, 0) is 42.2 Å². The highest BCUT2D eigenvalue weighted by Crippen LogP contribution is 2.12. The van der Waals surface area contributed by atoms with Crippen LogP contribution in [-0.4, -0.2) is 86.9 Å². The zero-order valence-corrected chi connectivity index (χ0v) is 28.2. The maximum absolute atomic E-state index is 13.7. The summed E-state index contributed by atoms with van der Waals surface area (Å²) in [6.45, 7) is 5.72. The third-order valence-corrected chi connectivity index (χ3v) is 8.25. The molecular formula is C33H46N6O7S. The van der Waals surface area contributed by atoms with Gasteiger partial charge in [0.2, 0.25) is 33.7 Å². The van der Waals surface area contributed by atoms with Crippen molar-refractivity contribution in [2.75, 3.05) is 25.9 Å². The van der Waals surface area contributed by atoms with Crippen LogP contribution in [0.5, 0.6) is 0 Å². The molecule has 0 aliphatic carbocycles. The molecule has 2 heterocycles. The van der Waals surface area contributed by atoms with E-state index in [0.29, 0.717) is 37.9 Å². The standard InChI is InChI=1S/C33H46N6O7S/c1-22(2)18-27-32(43)36-23(3)30(41)34-16-8-9-17-39(29(40)20-35-47(4,45)46)21-25-12-14-26(15-13-25)31(42)37-28(33(44)38-27)19-24-10-6-5-7-11-24/h5-7,10-15,22-23,27-28,35H,8-9,16-21H2,1-4H3,(H,34,41)(H,36,43)(H,37,42)(H,38,44)/t23-,27+,28-/m1/s1. The number of amides is 5. The molecule has 0 unspecified atom stereocenters. The van der Waals surface area contributed by atoms with Gasteiger partial charge < -0.3 is 26.2 Å². The highest BCUT2D eigenvalue weighted by Gasteiger charge is 2.29. The largest absolute Gasteiger partial charge is 0.354 e. The van der Waals surface area contributed by atoms with Crippen molar-refractivity contribution < 1.29 is 32.4 Å². The molecule has 256 valence electrons. The first-order valence-corrected chi connectivity index (χ1v) is 17.7. The zero-order valence-electron chi connectivity index (χ0n) is 27.4. The molecule has 0 spiro atoms. The van der Waals surface area contributed by atoms with Crippen molar-refractivity contribution in [1.29, 1.82) is 0 Å². The number of nitrogens with one attached hydrogen (secondary N) is 5. The lowest BCUT2D eigenvalue weighted by Gasteiger charge is -2.25. The van der Waals surface area contributed by atoms with Gasteiger partial charge in [-0.15, -0.1) is 0 Å². The molecule has 0 aromatic heterocycles. The van der Waals surface area contributed by atoms with E-state index in [1.54, 1.807) is 31.2 Å². The lowest BCUT2D eigenvalue weighted by atomic mass is 10.0. The highest BCUT2D eigenvalue weighted by atomic mass is 32.2. The molecule has 2 bridgehead atoms. The van der Waals surface area contributed by atoms with Crippen LogP contribution < -0.4 is 26.0 Å². The number of hydrogen-bond acceptors (Lipinski definition) is 7. The second-order valence-corrected chi connectivity index (χ2v) is 14.1. The van der Waals surface area contributed by atoms with Crippen molar-refractivity contribution in [1.82, 2.24) is 30.9 Å². The van der Waals surface area contributed by atoms with Crippen molar-refractivity contribution >= 4 is 39.6 Å². The van der Waals surface area contributed by atoms with Crippen molar-refractivity contribution in [3.63, 3.8) is 0 Å². The number of carbonyl (C=O) groups is 5. The van der Waals surface area contributed by atoms with E-state index in [-0.39, 0.29) is 24.4 Å². The average Bonchev–Trinajstić information content (AvgIpc) is 3.01. The minimum atomic E-state index is -3.59. The van der Waals surface area contributed by atoms with Crippen LogP contribution in [0.3, 0.4) is 0 Å². The van der Waals surface area contributed by atoms with E-state index in [9.17, 15) is 32.4 Å². The van der Waals surface area contributed by atoms with Gasteiger partial charge in [0.05, 0.1) is 12.8 Å². The summed E-state index contributed by atoms with van der Waals surface area (Å²) < 4.78 is 25.4. The maximum atomic E-state index is 13.7. The molecule has 5 amide bonds. The first kappa shape index (κ1) is 37.2. The molecule has 0 radical (unpaired) electrons. The Morgan fingerprint density at radius 1 is 0.894 bits per heavy atom. The van der Waals surface area contributed by atoms with Crippen LogP contribution in [0.1, 0.15) is 61.5 Å². The predicted octanol–water partition coefficient (Wildman–Crippen LogP) is 0.851. The number of rotatable bonds is 7. The van der Waals surface area contributed by atoms with Crippen LogP contribution in [0.25, 0.3) is 0 Å². The normalized spacial score (nSPS) is 20.9. The molecule has 13 nitrogen and oxygen atoms in total. The number of nitrogens with zero attached hydrogens (tertiary/aromatic N) is 1. The molecule has 14 heteroatoms. The van der Waals surface area contributed by atoms with Crippen LogP contribution >= 0.6 is 0 Å². The van der Waals surface area contributed by atoms with E-state index in [0.717, 1.165) is 11.8 Å². The lowest BCUT2D eigenvalue weighted by Crippen LogP contribution is -2.57. The molecule has 47 heavy (non-hydrogen) atoms. The van der Waals surface area contributed by atoms with Crippen LogP contribution in [0, 0.1) is 5.92 Å². The Labute approximate surface area is 276 Å². The van der Waals surface area contributed by atoms with Crippen LogP contribution in [0.2, 0.25) is 0 Å². The number of sulfonamides is 1. The SMILES string of the molecule is CC(C)C[C@@H]1NC(=O)[C@@H](Cc2ccccc2)NC(=O)c2ccc(cc2)CN(C(=O)CNS(C)(=O)=O)CCCCNC(=O)[C@@H](C)NC1=O. The maximum Gasteiger partial charge on any atom is 0.251 e. The molecule has 4 rings (SSSR count). The summed E-state index contributed by atoms with van der Waals surface area (Å²) in [6.07, 6.45) is 2.49. The second kappa shape index (κ2) is 17.6. The first-order chi connectivity index (χ1) is 22.2. The van der Waals surface area contributed by atoms with Gasteiger partial charge in [-0.25, -0.2) is 13.1 Å². The Morgan fingerprint density at radius 2 is 1.55 bits per heavy atom. The Kier molecular flexibility index (Phi) is 13.9. The van der Waals surface area contributed by atoms with Crippen molar-refractivity contribution in [2.24, 2.45) is 5.92 Å². The minimum Gasteiger partial charge on any atom is -0.354 e. The second-order valence-electron chi connectivity index (χ2n) is 12.2. The third-order valence-electron chi connectivity index (χ3n) is 7.58. The molecule has 0 saturated carbocycles. The Morgan fingerprint density at radius 3 is 2.19 bits per heavy atom. The summed E-state index contributed by atoms with van der Waals surface area (Å²) >= 11 is 0. The average molecular weight is 671 g/mol. The predicted molar refractivity (Wildman–Crippen MR) is 177 cm³/mol. The van der Waals surface area contributed by atoms with Crippen LogP contribution in [0.4, 0.5) is 0 Å². The Balaban J connectivity index is 1.91. The van der Waals surface area contributed by atoms with Crippen molar-refractivity contribution in [3.05, 3.63) is 71.3 Å². The quantitative estimate of drug-likeness (QED) is 0.271. The Hall–Kier alpha value is -4.30. The molecule has 2 aromatic carbocycles. The third kappa shape index (κ3) is 12.8. The van der Waals surface area contributed by atoms with Crippen LogP contribution in [0.15, 0.2) is 54.6 Å². The van der Waals surface area contributed by atoms with Gasteiger partial charge in [0.1, 0.15) is 18.1 Å². The van der Waals surface area contributed by atoms with Gasteiger partial charge in [-0.05, 0) is 55.4 Å². The van der Waals surface area contributed by atoms with E-state index in [1.165, 1.54) is 4.90 Å². The Bertz CT molecular complexity index is 1500. The van der Waals surface area contributed by atoms with Gasteiger partial charge in [-0.1, -0.05) is 56.3 Å². The summed E-state index contributed by atoms with van der Waals surface area (Å²) in [6, 6.07) is 12.9. The van der Waals surface area contributed by atoms with E-state index in [4.69, 9.17) is 0 Å². The van der Waals surface area contributed by atoms with Gasteiger partial charge in [0, 0.05) is 31.6 Å². The van der Waals surface area contributed by atoms with E-state index in [2.05, 4.69) is 26.0 Å². The fourth-order valence-electron chi connectivity index (χ4n) is 5.03. The zero-order chi connectivity index (χ0) is 34.6. The van der Waals surface area contributed by atoms with Crippen molar-refractivity contribution in [3.8, 4) is 0 Å². The van der Waals surface area contributed by atoms with E-state index in [1.807, 2.05) is 44.2 Å². The smallest absolute Gasteiger partial charge is 0.251 e. The first-order valence-electron chi connectivity index (χ1n) is 15.8. The van der Waals surface area contributed by atoms with E-state index < -0.39 is 64.2 Å². The molecular weight excluding hydrogens is 624 g/mol. The number of carbonyl (C=O) groups excluding carboxylic acids is 5. The fourth-order valence-corrected chi connectivity index (χ4v) is 5.41. The summed E-state index contributed by atoms with van der Waals surface area (Å²) in [5.41, 5.74) is 1.80. The summed E-state index contributed by atoms with van der Waals surface area (Å²) in [7, 11) is -3.59. The van der Waals surface area contributed by atoms with Gasteiger partial charge >= 0.3 is 0 Å². The minimum absolute atomic E-state index is 0.0407. The van der Waals surface area contributed by atoms with Gasteiger partial charge in [-0.3, -0.25) is 24.0 Å².